The maximum absolute atomic E-state index is 12.8. The summed E-state index contributed by atoms with van der Waals surface area (Å²) in [7, 11) is -2.58. The number of anilines is 2. The van der Waals surface area contributed by atoms with Crippen molar-refractivity contribution in [3.63, 3.8) is 0 Å². The Morgan fingerprint density at radius 1 is 1.21 bits per heavy atom. The SMILES string of the molecule is C=CCOC(C)C(=O)Nc1ccc(OC)c(S(=O)(=O)Nc2ccc(Br)cc2)c1. The molecule has 1 unspecified atom stereocenters. The van der Waals surface area contributed by atoms with Crippen LogP contribution in [-0.2, 0) is 19.6 Å². The topological polar surface area (TPSA) is 93.7 Å². The summed E-state index contributed by atoms with van der Waals surface area (Å²) >= 11 is 3.30. The first-order valence-electron chi connectivity index (χ1n) is 8.26. The maximum atomic E-state index is 12.8. The third-order valence-electron chi connectivity index (χ3n) is 3.65. The largest absolute Gasteiger partial charge is 0.495 e. The lowest BCUT2D eigenvalue weighted by Gasteiger charge is -2.15. The van der Waals surface area contributed by atoms with E-state index in [0.29, 0.717) is 11.4 Å². The van der Waals surface area contributed by atoms with Gasteiger partial charge < -0.3 is 14.8 Å². The molecule has 2 N–H and O–H groups in total. The van der Waals surface area contributed by atoms with Gasteiger partial charge in [-0.05, 0) is 49.4 Å². The van der Waals surface area contributed by atoms with E-state index in [4.69, 9.17) is 9.47 Å². The Bertz CT molecular complexity index is 945. The van der Waals surface area contributed by atoms with Crippen LogP contribution in [0.4, 0.5) is 11.4 Å². The minimum absolute atomic E-state index is 0.101. The molecule has 0 saturated heterocycles. The number of methoxy groups -OCH3 is 1. The first kappa shape index (κ1) is 21.9. The highest BCUT2D eigenvalue weighted by Crippen LogP contribution is 2.29. The summed E-state index contributed by atoms with van der Waals surface area (Å²) in [6.07, 6.45) is 0.816. The molecule has 9 heteroatoms. The molecule has 0 aromatic heterocycles. The van der Waals surface area contributed by atoms with Gasteiger partial charge in [0.15, 0.2) is 0 Å². The fraction of sp³-hybridized carbons (Fsp3) is 0.211. The Kier molecular flexibility index (Phi) is 7.61. The van der Waals surface area contributed by atoms with Crippen LogP contribution in [0.3, 0.4) is 0 Å². The number of carbonyl (C=O) groups is 1. The van der Waals surface area contributed by atoms with Crippen molar-refractivity contribution >= 4 is 43.2 Å². The van der Waals surface area contributed by atoms with Gasteiger partial charge in [0.05, 0.1) is 13.7 Å². The average molecular weight is 469 g/mol. The standard InChI is InChI=1S/C19H21BrN2O5S/c1-4-11-27-13(2)19(23)21-16-9-10-17(26-3)18(12-16)28(24,25)22-15-7-5-14(20)6-8-15/h4-10,12-13,22H,1,11H2,2-3H3,(H,21,23). The maximum Gasteiger partial charge on any atom is 0.265 e. The molecular weight excluding hydrogens is 448 g/mol. The number of hydrogen-bond donors (Lipinski definition) is 2. The molecule has 28 heavy (non-hydrogen) atoms. The molecule has 0 spiro atoms. The van der Waals surface area contributed by atoms with E-state index in [0.717, 1.165) is 4.47 Å². The third-order valence-corrected chi connectivity index (χ3v) is 5.58. The number of sulfonamides is 1. The van der Waals surface area contributed by atoms with Gasteiger partial charge in [0.1, 0.15) is 16.7 Å². The van der Waals surface area contributed by atoms with Crippen LogP contribution >= 0.6 is 15.9 Å². The lowest BCUT2D eigenvalue weighted by molar-refractivity contribution is -0.125. The van der Waals surface area contributed by atoms with Crippen molar-refractivity contribution < 1.29 is 22.7 Å². The first-order chi connectivity index (χ1) is 13.3. The number of ether oxygens (including phenoxy) is 2. The molecule has 0 bridgehead atoms. The Balaban J connectivity index is 2.27. The Labute approximate surface area is 172 Å². The van der Waals surface area contributed by atoms with Crippen LogP contribution in [0.15, 0.2) is 64.5 Å². The summed E-state index contributed by atoms with van der Waals surface area (Å²) in [4.78, 5) is 12.1. The molecule has 2 rings (SSSR count). The highest BCUT2D eigenvalue weighted by Gasteiger charge is 2.22. The Hall–Kier alpha value is -2.36. The second-order valence-electron chi connectivity index (χ2n) is 5.73. The minimum atomic E-state index is -3.95. The molecule has 0 radical (unpaired) electrons. The van der Waals surface area contributed by atoms with E-state index in [2.05, 4.69) is 32.5 Å². The van der Waals surface area contributed by atoms with E-state index in [1.54, 1.807) is 37.3 Å². The van der Waals surface area contributed by atoms with Crippen molar-refractivity contribution in [1.29, 1.82) is 0 Å². The van der Waals surface area contributed by atoms with Crippen molar-refractivity contribution in [3.8, 4) is 5.75 Å². The molecule has 2 aromatic rings. The lowest BCUT2D eigenvalue weighted by Crippen LogP contribution is -2.28. The number of halogens is 1. The molecule has 0 aliphatic rings. The summed E-state index contributed by atoms with van der Waals surface area (Å²) in [5.41, 5.74) is 0.696. The molecule has 0 saturated carbocycles. The number of amides is 1. The molecule has 150 valence electrons. The summed E-state index contributed by atoms with van der Waals surface area (Å²) in [5.74, 6) is -0.255. The number of benzene rings is 2. The van der Waals surface area contributed by atoms with Crippen LogP contribution in [0.2, 0.25) is 0 Å². The van der Waals surface area contributed by atoms with Crippen molar-refractivity contribution in [2.24, 2.45) is 0 Å². The Morgan fingerprint density at radius 2 is 1.86 bits per heavy atom. The van der Waals surface area contributed by atoms with Crippen molar-refractivity contribution in [2.75, 3.05) is 23.8 Å². The normalized spacial score (nSPS) is 12.1. The van der Waals surface area contributed by atoms with Crippen LogP contribution in [0, 0.1) is 0 Å². The smallest absolute Gasteiger partial charge is 0.265 e. The number of rotatable bonds is 9. The zero-order chi connectivity index (χ0) is 20.7. The van der Waals surface area contributed by atoms with Gasteiger partial charge in [-0.3, -0.25) is 9.52 Å². The molecule has 1 atom stereocenters. The fourth-order valence-corrected chi connectivity index (χ4v) is 3.74. The van der Waals surface area contributed by atoms with Gasteiger partial charge in [0.25, 0.3) is 15.9 Å². The predicted octanol–water partition coefficient (Wildman–Crippen LogP) is 3.79. The summed E-state index contributed by atoms with van der Waals surface area (Å²) in [5, 5.41) is 2.63. The van der Waals surface area contributed by atoms with Crippen LogP contribution in [0.25, 0.3) is 0 Å². The number of hydrogen-bond acceptors (Lipinski definition) is 5. The Morgan fingerprint density at radius 3 is 2.46 bits per heavy atom. The molecule has 0 aliphatic carbocycles. The van der Waals surface area contributed by atoms with Crippen molar-refractivity contribution in [2.45, 2.75) is 17.9 Å². The summed E-state index contributed by atoms with van der Waals surface area (Å²) in [6, 6.07) is 11.0. The van der Waals surface area contributed by atoms with E-state index in [-0.39, 0.29) is 17.3 Å². The summed E-state index contributed by atoms with van der Waals surface area (Å²) < 4.78 is 39.4. The monoisotopic (exact) mass is 468 g/mol. The highest BCUT2D eigenvalue weighted by molar-refractivity contribution is 9.10. The van der Waals surface area contributed by atoms with Crippen LogP contribution < -0.4 is 14.8 Å². The van der Waals surface area contributed by atoms with Gasteiger partial charge in [0.2, 0.25) is 0 Å². The van der Waals surface area contributed by atoms with Crippen molar-refractivity contribution in [3.05, 3.63) is 59.6 Å². The number of nitrogens with one attached hydrogen (secondary N) is 2. The first-order valence-corrected chi connectivity index (χ1v) is 10.5. The third kappa shape index (κ3) is 5.82. The van der Waals surface area contributed by atoms with Gasteiger partial charge in [-0.25, -0.2) is 8.42 Å². The zero-order valence-corrected chi connectivity index (χ0v) is 17.8. The zero-order valence-electron chi connectivity index (χ0n) is 15.4. The van der Waals surface area contributed by atoms with Crippen molar-refractivity contribution in [1.82, 2.24) is 0 Å². The van der Waals surface area contributed by atoms with Crippen LogP contribution in [0.5, 0.6) is 5.75 Å². The van der Waals surface area contributed by atoms with Gasteiger partial charge >= 0.3 is 0 Å². The van der Waals surface area contributed by atoms with Gasteiger partial charge in [-0.1, -0.05) is 22.0 Å². The van der Waals surface area contributed by atoms with E-state index in [1.165, 1.54) is 25.3 Å². The second-order valence-corrected chi connectivity index (χ2v) is 8.30. The van der Waals surface area contributed by atoms with E-state index in [1.807, 2.05) is 0 Å². The molecule has 7 nitrogen and oxygen atoms in total. The molecule has 1 amide bonds. The van der Waals surface area contributed by atoms with Crippen LogP contribution in [0.1, 0.15) is 6.92 Å². The molecule has 2 aromatic carbocycles. The highest BCUT2D eigenvalue weighted by atomic mass is 79.9. The van der Waals surface area contributed by atoms with Gasteiger partial charge in [-0.2, -0.15) is 0 Å². The summed E-state index contributed by atoms with van der Waals surface area (Å²) in [6.45, 7) is 5.35. The minimum Gasteiger partial charge on any atom is -0.495 e. The van der Waals surface area contributed by atoms with Gasteiger partial charge in [0, 0.05) is 15.8 Å². The fourth-order valence-electron chi connectivity index (χ4n) is 2.22. The second kappa shape index (κ2) is 9.72. The lowest BCUT2D eigenvalue weighted by atomic mass is 10.2. The average Bonchev–Trinajstić information content (AvgIpc) is 2.67. The van der Waals surface area contributed by atoms with E-state index >= 15 is 0 Å². The number of carbonyl (C=O) groups excluding carboxylic acids is 1. The van der Waals surface area contributed by atoms with E-state index < -0.39 is 22.0 Å². The van der Waals surface area contributed by atoms with Gasteiger partial charge in [-0.15, -0.1) is 6.58 Å². The van der Waals surface area contributed by atoms with Crippen LogP contribution in [-0.4, -0.2) is 34.1 Å². The molecular formula is C19H21BrN2O5S. The quantitative estimate of drug-likeness (QED) is 0.546. The molecule has 0 aliphatic heterocycles. The van der Waals surface area contributed by atoms with E-state index in [9.17, 15) is 13.2 Å². The predicted molar refractivity (Wildman–Crippen MR) is 112 cm³/mol. The molecule has 0 fully saturated rings. The molecule has 0 heterocycles.